The van der Waals surface area contributed by atoms with E-state index >= 15 is 0 Å². The molecule has 1 aliphatic rings. The maximum absolute atomic E-state index is 13.1. The minimum atomic E-state index is -0.198. The largest absolute Gasteiger partial charge is 0.381 e. The molecule has 2 nitrogen and oxygen atoms in total. The van der Waals surface area contributed by atoms with Crippen LogP contribution in [0.5, 0.6) is 0 Å². The minimum Gasteiger partial charge on any atom is -0.381 e. The van der Waals surface area contributed by atoms with Crippen molar-refractivity contribution in [2.45, 2.75) is 30.8 Å². The number of benzene rings is 3. The summed E-state index contributed by atoms with van der Waals surface area (Å²) in [6, 6.07) is 28.9. The van der Waals surface area contributed by atoms with Crippen LogP contribution < -0.4 is 10.6 Å². The molecule has 0 radical (unpaired) electrons. The normalized spacial score (nSPS) is 19.8. The Labute approximate surface area is 160 Å². The lowest BCUT2D eigenvalue weighted by Gasteiger charge is -2.36. The second-order valence-corrected chi connectivity index (χ2v) is 7.24. The summed E-state index contributed by atoms with van der Waals surface area (Å²) in [5.74, 6) is 0.148. The predicted octanol–water partition coefficient (Wildman–Crippen LogP) is 5.19. The second-order valence-electron chi connectivity index (χ2n) is 7.24. The molecule has 2 atom stereocenters. The maximum atomic E-state index is 13.1. The third kappa shape index (κ3) is 4.37. The third-order valence-electron chi connectivity index (χ3n) is 5.39. The van der Waals surface area contributed by atoms with Crippen LogP contribution >= 0.6 is 0 Å². The molecule has 2 unspecified atom stereocenters. The third-order valence-corrected chi connectivity index (χ3v) is 5.39. The summed E-state index contributed by atoms with van der Waals surface area (Å²) in [4.78, 5) is 0. The van der Waals surface area contributed by atoms with Gasteiger partial charge in [-0.2, -0.15) is 0 Å². The summed E-state index contributed by atoms with van der Waals surface area (Å²) in [5, 5.41) is 7.28. The second kappa shape index (κ2) is 8.36. The van der Waals surface area contributed by atoms with Crippen molar-refractivity contribution in [1.29, 1.82) is 0 Å². The summed E-state index contributed by atoms with van der Waals surface area (Å²) in [7, 11) is 0. The van der Waals surface area contributed by atoms with Crippen LogP contribution in [0.25, 0.3) is 0 Å². The van der Waals surface area contributed by atoms with Gasteiger partial charge in [0.15, 0.2) is 0 Å². The molecule has 2 N–H and O–H groups in total. The fraction of sp³-hybridized carbons (Fsp3) is 0.250. The molecule has 0 bridgehead atoms. The van der Waals surface area contributed by atoms with Crippen molar-refractivity contribution in [2.75, 3.05) is 11.9 Å². The van der Waals surface area contributed by atoms with E-state index in [1.165, 1.54) is 23.3 Å². The van der Waals surface area contributed by atoms with Crippen molar-refractivity contribution in [3.63, 3.8) is 0 Å². The molecule has 0 aromatic heterocycles. The van der Waals surface area contributed by atoms with Crippen LogP contribution in [-0.4, -0.2) is 18.6 Å². The van der Waals surface area contributed by atoms with Gasteiger partial charge in [-0.05, 0) is 48.2 Å². The van der Waals surface area contributed by atoms with Gasteiger partial charge in [0.05, 0.1) is 0 Å². The molecule has 0 saturated carbocycles. The van der Waals surface area contributed by atoms with Crippen molar-refractivity contribution in [2.24, 2.45) is 0 Å². The summed E-state index contributed by atoms with van der Waals surface area (Å²) in [5.41, 5.74) is 3.68. The van der Waals surface area contributed by atoms with E-state index in [1.54, 1.807) is 12.1 Å². The Hall–Kier alpha value is -2.65. The highest BCUT2D eigenvalue weighted by molar-refractivity contribution is 5.44. The Morgan fingerprint density at radius 1 is 0.778 bits per heavy atom. The number of hydrogen-bond donors (Lipinski definition) is 2. The number of piperidine rings is 1. The minimum absolute atomic E-state index is 0.198. The Morgan fingerprint density at radius 3 is 1.89 bits per heavy atom. The summed E-state index contributed by atoms with van der Waals surface area (Å²) >= 11 is 0. The Morgan fingerprint density at radius 2 is 1.37 bits per heavy atom. The van der Waals surface area contributed by atoms with Gasteiger partial charge in [0.2, 0.25) is 0 Å². The van der Waals surface area contributed by atoms with E-state index in [1.807, 2.05) is 0 Å². The van der Waals surface area contributed by atoms with Crippen molar-refractivity contribution in [1.82, 2.24) is 5.32 Å². The van der Waals surface area contributed by atoms with Crippen LogP contribution in [0.4, 0.5) is 10.1 Å². The fourth-order valence-electron chi connectivity index (χ4n) is 4.05. The number of hydrogen-bond acceptors (Lipinski definition) is 2. The van der Waals surface area contributed by atoms with Gasteiger partial charge in [-0.3, -0.25) is 0 Å². The Balaban J connectivity index is 1.46. The van der Waals surface area contributed by atoms with E-state index in [0.717, 1.165) is 25.1 Å². The zero-order valence-corrected chi connectivity index (χ0v) is 15.3. The van der Waals surface area contributed by atoms with Gasteiger partial charge in [0.1, 0.15) is 5.82 Å². The lowest BCUT2D eigenvalue weighted by molar-refractivity contribution is 0.353. The average Bonchev–Trinajstić information content (AvgIpc) is 2.73. The highest BCUT2D eigenvalue weighted by Crippen LogP contribution is 2.32. The number of anilines is 1. The van der Waals surface area contributed by atoms with Crippen LogP contribution in [0, 0.1) is 5.82 Å². The molecule has 1 saturated heterocycles. The van der Waals surface area contributed by atoms with Gasteiger partial charge in [-0.15, -0.1) is 0 Å². The van der Waals surface area contributed by atoms with Crippen molar-refractivity contribution in [3.05, 3.63) is 102 Å². The Bertz CT molecular complexity index is 786. The first-order valence-corrected chi connectivity index (χ1v) is 9.65. The van der Waals surface area contributed by atoms with Crippen LogP contribution in [0.3, 0.4) is 0 Å². The average molecular weight is 360 g/mol. The van der Waals surface area contributed by atoms with Crippen LogP contribution in [-0.2, 0) is 0 Å². The standard InChI is InChI=1S/C24H25FN2/c25-20-11-13-21(14-12-20)27-22-15-16-23(26-17-22)24(18-7-3-1-4-8-18)19-9-5-2-6-10-19/h1-14,22-24,26-27H,15-17H2. The van der Waals surface area contributed by atoms with Gasteiger partial charge >= 0.3 is 0 Å². The lowest BCUT2D eigenvalue weighted by Crippen LogP contribution is -2.47. The molecule has 1 aliphatic heterocycles. The van der Waals surface area contributed by atoms with Crippen LogP contribution in [0.15, 0.2) is 84.9 Å². The highest BCUT2D eigenvalue weighted by Gasteiger charge is 2.29. The first-order chi connectivity index (χ1) is 13.3. The monoisotopic (exact) mass is 360 g/mol. The molecular weight excluding hydrogens is 335 g/mol. The zero-order valence-electron chi connectivity index (χ0n) is 15.3. The van der Waals surface area contributed by atoms with E-state index in [9.17, 15) is 4.39 Å². The SMILES string of the molecule is Fc1ccc(NC2CCC(C(c3ccccc3)c3ccccc3)NC2)cc1. The molecule has 4 rings (SSSR count). The number of nitrogens with one attached hydrogen (secondary N) is 2. The van der Waals surface area contributed by atoms with E-state index in [4.69, 9.17) is 0 Å². The fourth-order valence-corrected chi connectivity index (χ4v) is 4.05. The van der Waals surface area contributed by atoms with Gasteiger partial charge in [0.25, 0.3) is 0 Å². The van der Waals surface area contributed by atoms with Crippen LogP contribution in [0.1, 0.15) is 29.9 Å². The molecule has 3 aromatic carbocycles. The molecule has 1 heterocycles. The predicted molar refractivity (Wildman–Crippen MR) is 110 cm³/mol. The first kappa shape index (κ1) is 17.7. The molecule has 0 amide bonds. The summed E-state index contributed by atoms with van der Waals surface area (Å²) < 4.78 is 13.1. The zero-order chi connectivity index (χ0) is 18.5. The first-order valence-electron chi connectivity index (χ1n) is 9.65. The van der Waals surface area contributed by atoms with E-state index < -0.39 is 0 Å². The van der Waals surface area contributed by atoms with Crippen LogP contribution in [0.2, 0.25) is 0 Å². The smallest absolute Gasteiger partial charge is 0.123 e. The molecule has 0 spiro atoms. The molecule has 1 fully saturated rings. The molecule has 3 heteroatoms. The number of halogens is 1. The summed E-state index contributed by atoms with van der Waals surface area (Å²) in [6.07, 6.45) is 2.18. The Kier molecular flexibility index (Phi) is 5.50. The molecule has 3 aromatic rings. The van der Waals surface area contributed by atoms with E-state index in [2.05, 4.69) is 71.3 Å². The van der Waals surface area contributed by atoms with Crippen molar-refractivity contribution in [3.8, 4) is 0 Å². The van der Waals surface area contributed by atoms with E-state index in [-0.39, 0.29) is 5.82 Å². The maximum Gasteiger partial charge on any atom is 0.123 e. The highest BCUT2D eigenvalue weighted by atomic mass is 19.1. The van der Waals surface area contributed by atoms with Gasteiger partial charge in [0, 0.05) is 30.2 Å². The van der Waals surface area contributed by atoms with Crippen molar-refractivity contribution >= 4 is 5.69 Å². The molecule has 0 aliphatic carbocycles. The van der Waals surface area contributed by atoms with Crippen molar-refractivity contribution < 1.29 is 4.39 Å². The number of rotatable bonds is 5. The van der Waals surface area contributed by atoms with Gasteiger partial charge < -0.3 is 10.6 Å². The van der Waals surface area contributed by atoms with Gasteiger partial charge in [-0.1, -0.05) is 60.7 Å². The quantitative estimate of drug-likeness (QED) is 0.654. The van der Waals surface area contributed by atoms with E-state index in [0.29, 0.717) is 18.0 Å². The topological polar surface area (TPSA) is 24.1 Å². The summed E-state index contributed by atoms with van der Waals surface area (Å²) in [6.45, 7) is 0.901. The van der Waals surface area contributed by atoms with Gasteiger partial charge in [-0.25, -0.2) is 4.39 Å². The lowest BCUT2D eigenvalue weighted by atomic mass is 9.81. The molecule has 138 valence electrons. The molecule has 27 heavy (non-hydrogen) atoms. The molecular formula is C24H25FN2.